The van der Waals surface area contributed by atoms with Crippen LogP contribution in [0.25, 0.3) is 0 Å². The lowest BCUT2D eigenvalue weighted by Gasteiger charge is -2.28. The molecule has 0 aliphatic rings. The van der Waals surface area contributed by atoms with Crippen LogP contribution in [0.3, 0.4) is 0 Å². The first kappa shape index (κ1) is 62.7. The van der Waals surface area contributed by atoms with Gasteiger partial charge in [-0.3, -0.25) is 14.5 Å². The summed E-state index contributed by atoms with van der Waals surface area (Å²) in [6, 6.07) is 0. The molecule has 382 valence electrons. The Morgan fingerprint density at radius 2 is 0.672 bits per heavy atom. The summed E-state index contributed by atoms with van der Waals surface area (Å²) in [6.07, 6.45) is 41.3. The lowest BCUT2D eigenvalue weighted by atomic mass is 9.94. The van der Waals surface area contributed by atoms with Crippen molar-refractivity contribution >= 4 is 11.9 Å². The van der Waals surface area contributed by atoms with E-state index in [-0.39, 0.29) is 25.2 Å². The Bertz CT molecular complexity index is 871. The number of aliphatic hydroxyl groups excluding tert-OH is 3. The molecule has 0 aliphatic heterocycles. The van der Waals surface area contributed by atoms with Gasteiger partial charge in [0.05, 0.1) is 32.5 Å². The van der Waals surface area contributed by atoms with E-state index in [9.17, 15) is 24.9 Å². The van der Waals surface area contributed by atoms with E-state index in [2.05, 4.69) is 32.6 Å². The predicted octanol–water partition coefficient (Wildman–Crippen LogP) is 13.4. The number of aliphatic hydroxyl groups is 3. The second-order valence-electron chi connectivity index (χ2n) is 19.6. The molecule has 0 amide bonds. The molecule has 64 heavy (non-hydrogen) atoms. The summed E-state index contributed by atoms with van der Waals surface area (Å²) in [5.41, 5.74) is 0. The molecule has 3 N–H and O–H groups in total. The molecular weight excluding hydrogens is 801 g/mol. The third-order valence-corrected chi connectivity index (χ3v) is 13.3. The zero-order chi connectivity index (χ0) is 47.0. The Morgan fingerprint density at radius 3 is 0.984 bits per heavy atom. The van der Waals surface area contributed by atoms with E-state index in [1.165, 1.54) is 154 Å². The summed E-state index contributed by atoms with van der Waals surface area (Å²) in [5, 5.41) is 30.0. The van der Waals surface area contributed by atoms with Gasteiger partial charge in [-0.05, 0) is 76.3 Å². The molecule has 0 aromatic rings. The fourth-order valence-corrected chi connectivity index (χ4v) is 9.13. The van der Waals surface area contributed by atoms with Gasteiger partial charge in [0.15, 0.2) is 0 Å². The molecule has 0 saturated carbocycles. The maximum atomic E-state index is 12.8. The summed E-state index contributed by atoms with van der Waals surface area (Å²) in [6.45, 7) is 13.5. The molecule has 0 spiro atoms. The summed E-state index contributed by atoms with van der Waals surface area (Å²) in [4.78, 5) is 29.9. The smallest absolute Gasteiger partial charge is 0.305 e. The zero-order valence-corrected chi connectivity index (χ0v) is 43.1. The zero-order valence-electron chi connectivity index (χ0n) is 43.1. The van der Waals surface area contributed by atoms with Gasteiger partial charge in [-0.25, -0.2) is 0 Å². The van der Waals surface area contributed by atoms with Gasteiger partial charge in [0, 0.05) is 39.0 Å². The average molecular weight is 911 g/mol. The predicted molar refractivity (Wildman–Crippen MR) is 271 cm³/mol. The average Bonchev–Trinajstić information content (AvgIpc) is 3.28. The number of hydrogen-bond donors (Lipinski definition) is 3. The molecule has 0 heterocycles. The van der Waals surface area contributed by atoms with E-state index in [0.29, 0.717) is 64.1 Å². The minimum atomic E-state index is -0.607. The van der Waals surface area contributed by atoms with E-state index in [0.717, 1.165) is 77.3 Å². The monoisotopic (exact) mass is 911 g/mol. The van der Waals surface area contributed by atoms with Crippen molar-refractivity contribution < 1.29 is 34.4 Å². The molecule has 0 unspecified atom stereocenters. The molecule has 0 rings (SSSR count). The van der Waals surface area contributed by atoms with E-state index >= 15 is 0 Å². The summed E-state index contributed by atoms with van der Waals surface area (Å²) in [7, 11) is 0. The van der Waals surface area contributed by atoms with Crippen LogP contribution in [-0.2, 0) is 19.1 Å². The van der Waals surface area contributed by atoms with Crippen molar-refractivity contribution in [3.8, 4) is 0 Å². The van der Waals surface area contributed by atoms with Gasteiger partial charge in [0.1, 0.15) is 0 Å². The first-order chi connectivity index (χ1) is 31.3. The first-order valence-electron chi connectivity index (χ1n) is 28.0. The summed E-state index contributed by atoms with van der Waals surface area (Å²) < 4.78 is 11.8. The third kappa shape index (κ3) is 43.3. The highest BCUT2D eigenvalue weighted by molar-refractivity contribution is 5.69. The van der Waals surface area contributed by atoms with E-state index in [1.54, 1.807) is 0 Å². The standard InChI is InChI=1S/C55H110N2O7/c1-5-9-13-17-21-27-35-51(36-28-22-18-14-10-6-2)49-63-54(61)39-31-25-33-41-56(47-53(60)48-57(43-45-58)44-46-59)42-34-26-32-40-55(62)64-50-52(37-29-23-19-15-11-7-3)38-30-24-20-16-12-8-4/h51-53,58-60H,5-50H2,1-4H3/t53-/m0/s1. The SMILES string of the molecule is CCCCCCCCC(CCCCCCCC)COC(=O)CCCCCN(CCCCCC(=O)OCC(CCCCCCCC)CCCCCCCC)C[C@H](O)CN(CCO)CCO. The van der Waals surface area contributed by atoms with Crippen LogP contribution < -0.4 is 0 Å². The van der Waals surface area contributed by atoms with Crippen LogP contribution in [0.2, 0.25) is 0 Å². The molecule has 0 bridgehead atoms. The number of unbranched alkanes of at least 4 members (excludes halogenated alkanes) is 24. The van der Waals surface area contributed by atoms with Crippen molar-refractivity contribution in [2.75, 3.05) is 65.7 Å². The largest absolute Gasteiger partial charge is 0.465 e. The van der Waals surface area contributed by atoms with Crippen LogP contribution in [0.4, 0.5) is 0 Å². The highest BCUT2D eigenvalue weighted by Crippen LogP contribution is 2.22. The molecule has 0 saturated heterocycles. The van der Waals surface area contributed by atoms with Gasteiger partial charge in [0.25, 0.3) is 0 Å². The Balaban J connectivity index is 4.91. The highest BCUT2D eigenvalue weighted by Gasteiger charge is 2.17. The molecule has 0 aliphatic carbocycles. The quantitative estimate of drug-likeness (QED) is 0.0405. The van der Waals surface area contributed by atoms with Crippen molar-refractivity contribution in [2.45, 2.75) is 265 Å². The summed E-state index contributed by atoms with van der Waals surface area (Å²) >= 11 is 0. The molecule has 9 nitrogen and oxygen atoms in total. The van der Waals surface area contributed by atoms with Crippen molar-refractivity contribution in [2.24, 2.45) is 11.8 Å². The third-order valence-electron chi connectivity index (χ3n) is 13.3. The van der Waals surface area contributed by atoms with Crippen LogP contribution in [0.5, 0.6) is 0 Å². The van der Waals surface area contributed by atoms with Crippen molar-refractivity contribution in [3.05, 3.63) is 0 Å². The van der Waals surface area contributed by atoms with Crippen molar-refractivity contribution in [1.29, 1.82) is 0 Å². The molecule has 0 aromatic heterocycles. The summed E-state index contributed by atoms with van der Waals surface area (Å²) in [5.74, 6) is 0.815. The molecule has 1 atom stereocenters. The van der Waals surface area contributed by atoms with Gasteiger partial charge in [-0.2, -0.15) is 0 Å². The number of carbonyl (C=O) groups is 2. The normalized spacial score (nSPS) is 12.4. The number of esters is 2. The number of ether oxygens (including phenoxy) is 2. The molecule has 9 heteroatoms. The molecule has 0 fully saturated rings. The van der Waals surface area contributed by atoms with Gasteiger partial charge < -0.3 is 29.7 Å². The van der Waals surface area contributed by atoms with Crippen molar-refractivity contribution in [1.82, 2.24) is 9.80 Å². The molecule has 0 radical (unpaired) electrons. The molecule has 0 aromatic carbocycles. The fourth-order valence-electron chi connectivity index (χ4n) is 9.13. The minimum absolute atomic E-state index is 0.0148. The van der Waals surface area contributed by atoms with E-state index < -0.39 is 6.10 Å². The number of hydrogen-bond acceptors (Lipinski definition) is 9. The Kier molecular flexibility index (Phi) is 48.7. The minimum Gasteiger partial charge on any atom is -0.465 e. The molecular formula is C55H110N2O7. The fraction of sp³-hybridized carbons (Fsp3) is 0.964. The highest BCUT2D eigenvalue weighted by atomic mass is 16.5. The Hall–Kier alpha value is -1.26. The van der Waals surface area contributed by atoms with Gasteiger partial charge in [-0.15, -0.1) is 0 Å². The van der Waals surface area contributed by atoms with E-state index in [4.69, 9.17) is 9.47 Å². The number of carbonyl (C=O) groups excluding carboxylic acids is 2. The van der Waals surface area contributed by atoms with Crippen LogP contribution in [-0.4, -0.2) is 109 Å². The van der Waals surface area contributed by atoms with Crippen molar-refractivity contribution in [3.63, 3.8) is 0 Å². The van der Waals surface area contributed by atoms with Crippen LogP contribution >= 0.6 is 0 Å². The second kappa shape index (κ2) is 49.6. The second-order valence-corrected chi connectivity index (χ2v) is 19.6. The first-order valence-corrected chi connectivity index (χ1v) is 28.0. The van der Waals surface area contributed by atoms with Crippen LogP contribution in [0, 0.1) is 11.8 Å². The van der Waals surface area contributed by atoms with Gasteiger partial charge >= 0.3 is 11.9 Å². The van der Waals surface area contributed by atoms with Gasteiger partial charge in [-0.1, -0.05) is 195 Å². The Morgan fingerprint density at radius 1 is 0.391 bits per heavy atom. The Labute approximate surface area is 397 Å². The van der Waals surface area contributed by atoms with E-state index in [1.807, 2.05) is 4.90 Å². The topological polar surface area (TPSA) is 120 Å². The number of nitrogens with zero attached hydrogens (tertiary/aromatic N) is 2. The van der Waals surface area contributed by atoms with Crippen LogP contribution in [0.1, 0.15) is 259 Å². The lowest BCUT2D eigenvalue weighted by Crippen LogP contribution is -2.42. The lowest BCUT2D eigenvalue weighted by molar-refractivity contribution is -0.146. The maximum Gasteiger partial charge on any atom is 0.305 e. The van der Waals surface area contributed by atoms with Crippen LogP contribution in [0.15, 0.2) is 0 Å². The van der Waals surface area contributed by atoms with Gasteiger partial charge in [0.2, 0.25) is 0 Å². The number of rotatable bonds is 52. The maximum absolute atomic E-state index is 12.8.